The van der Waals surface area contributed by atoms with Gasteiger partial charge in [0.1, 0.15) is 0 Å². The van der Waals surface area contributed by atoms with Gasteiger partial charge in [0.25, 0.3) is 0 Å². The van der Waals surface area contributed by atoms with Gasteiger partial charge in [-0.3, -0.25) is 4.79 Å². The van der Waals surface area contributed by atoms with Gasteiger partial charge < -0.3 is 15.0 Å². The predicted octanol–water partition coefficient (Wildman–Crippen LogP) is 2.99. The van der Waals surface area contributed by atoms with Crippen molar-refractivity contribution in [2.45, 2.75) is 39.7 Å². The van der Waals surface area contributed by atoms with Crippen LogP contribution in [0.15, 0.2) is 18.2 Å². The molecule has 1 aliphatic rings. The maximum absolute atomic E-state index is 11.4. The van der Waals surface area contributed by atoms with Crippen LogP contribution in [0, 0.1) is 0 Å². The van der Waals surface area contributed by atoms with Crippen LogP contribution in [0.5, 0.6) is 0 Å². The van der Waals surface area contributed by atoms with Crippen LogP contribution in [0.3, 0.4) is 0 Å². The van der Waals surface area contributed by atoms with Gasteiger partial charge in [-0.25, -0.2) is 0 Å². The second kappa shape index (κ2) is 6.27. The number of carbonyl (C=O) groups is 1. The number of nitrogens with one attached hydrogen (secondary N) is 1. The van der Waals surface area contributed by atoms with Crippen molar-refractivity contribution in [3.05, 3.63) is 23.8 Å². The molecule has 1 atom stereocenters. The third kappa shape index (κ3) is 3.51. The molecular weight excluding hydrogens is 252 g/mol. The average molecular weight is 276 g/mol. The zero-order valence-electron chi connectivity index (χ0n) is 12.8. The Bertz CT molecular complexity index is 485. The number of ether oxygens (including phenoxy) is 1. The maximum Gasteiger partial charge on any atom is 0.221 e. The van der Waals surface area contributed by atoms with Crippen LogP contribution < -0.4 is 10.2 Å². The molecule has 0 spiro atoms. The first-order chi connectivity index (χ1) is 9.47. The molecule has 1 saturated heterocycles. The third-order valence-corrected chi connectivity index (χ3v) is 3.58. The monoisotopic (exact) mass is 276 g/mol. The Labute approximate surface area is 121 Å². The maximum atomic E-state index is 11.4. The molecule has 1 unspecified atom stereocenters. The van der Waals surface area contributed by atoms with Gasteiger partial charge >= 0.3 is 0 Å². The Morgan fingerprint density at radius 1 is 1.45 bits per heavy atom. The highest BCUT2D eigenvalue weighted by molar-refractivity contribution is 5.93. The Hall–Kier alpha value is -1.55. The van der Waals surface area contributed by atoms with Crippen molar-refractivity contribution in [1.29, 1.82) is 0 Å². The van der Waals surface area contributed by atoms with E-state index in [0.29, 0.717) is 5.92 Å². The van der Waals surface area contributed by atoms with E-state index in [0.717, 1.165) is 31.1 Å². The summed E-state index contributed by atoms with van der Waals surface area (Å²) in [6, 6.07) is 6.34. The molecule has 1 heterocycles. The summed E-state index contributed by atoms with van der Waals surface area (Å²) >= 11 is 0. The Kier molecular flexibility index (Phi) is 4.65. The van der Waals surface area contributed by atoms with E-state index in [1.807, 2.05) is 0 Å². The number of rotatable bonds is 3. The SMILES string of the molecule is CC(=O)Nc1cc(C(C)C)ccc1N1CCOC(C)C1. The molecule has 0 aromatic heterocycles. The lowest BCUT2D eigenvalue weighted by molar-refractivity contribution is -0.114. The fourth-order valence-electron chi connectivity index (χ4n) is 2.52. The van der Waals surface area contributed by atoms with Crippen LogP contribution in [0.25, 0.3) is 0 Å². The Balaban J connectivity index is 2.32. The first kappa shape index (κ1) is 14.9. The van der Waals surface area contributed by atoms with E-state index in [-0.39, 0.29) is 12.0 Å². The smallest absolute Gasteiger partial charge is 0.221 e. The van der Waals surface area contributed by atoms with Gasteiger partial charge in [0.15, 0.2) is 0 Å². The third-order valence-electron chi connectivity index (χ3n) is 3.58. The molecule has 2 rings (SSSR count). The molecule has 1 amide bonds. The average Bonchev–Trinajstić information content (AvgIpc) is 2.37. The summed E-state index contributed by atoms with van der Waals surface area (Å²) in [5.74, 6) is 0.411. The molecule has 0 saturated carbocycles. The molecule has 110 valence electrons. The molecular formula is C16H24N2O2. The number of morpholine rings is 1. The number of hydrogen-bond donors (Lipinski definition) is 1. The van der Waals surface area contributed by atoms with Gasteiger partial charge in [-0.15, -0.1) is 0 Å². The fraction of sp³-hybridized carbons (Fsp3) is 0.562. The number of carbonyl (C=O) groups excluding carboxylic acids is 1. The van der Waals surface area contributed by atoms with Gasteiger partial charge in [-0.1, -0.05) is 19.9 Å². The van der Waals surface area contributed by atoms with Gasteiger partial charge in [-0.05, 0) is 30.5 Å². The van der Waals surface area contributed by atoms with Crippen LogP contribution in [0.2, 0.25) is 0 Å². The van der Waals surface area contributed by atoms with Crippen molar-refractivity contribution in [3.63, 3.8) is 0 Å². The largest absolute Gasteiger partial charge is 0.375 e. The minimum absolute atomic E-state index is 0.0338. The standard InChI is InChI=1S/C16H24N2O2/c1-11(2)14-5-6-16(15(9-14)17-13(4)19)18-7-8-20-12(3)10-18/h5-6,9,11-12H,7-8,10H2,1-4H3,(H,17,19). The van der Waals surface area contributed by atoms with Gasteiger partial charge in [-0.2, -0.15) is 0 Å². The Morgan fingerprint density at radius 3 is 2.80 bits per heavy atom. The first-order valence-electron chi connectivity index (χ1n) is 7.25. The fourth-order valence-corrected chi connectivity index (χ4v) is 2.52. The lowest BCUT2D eigenvalue weighted by Crippen LogP contribution is -2.41. The minimum atomic E-state index is -0.0338. The van der Waals surface area contributed by atoms with Crippen LogP contribution in [-0.2, 0) is 9.53 Å². The molecule has 0 aliphatic carbocycles. The summed E-state index contributed by atoms with van der Waals surface area (Å²) in [7, 11) is 0. The van der Waals surface area contributed by atoms with Crippen molar-refractivity contribution in [2.24, 2.45) is 0 Å². The number of anilines is 2. The summed E-state index contributed by atoms with van der Waals surface area (Å²) in [6.45, 7) is 10.4. The summed E-state index contributed by atoms with van der Waals surface area (Å²) < 4.78 is 5.58. The van der Waals surface area contributed by atoms with E-state index in [1.165, 1.54) is 5.56 Å². The summed E-state index contributed by atoms with van der Waals surface area (Å²) in [5.41, 5.74) is 3.22. The second-order valence-electron chi connectivity index (χ2n) is 5.74. The molecule has 20 heavy (non-hydrogen) atoms. The van der Waals surface area contributed by atoms with Crippen LogP contribution in [0.4, 0.5) is 11.4 Å². The zero-order chi connectivity index (χ0) is 14.7. The number of nitrogens with zero attached hydrogens (tertiary/aromatic N) is 1. The first-order valence-corrected chi connectivity index (χ1v) is 7.25. The van der Waals surface area contributed by atoms with Crippen LogP contribution >= 0.6 is 0 Å². The second-order valence-corrected chi connectivity index (χ2v) is 5.74. The van der Waals surface area contributed by atoms with Gasteiger partial charge in [0.2, 0.25) is 5.91 Å². The van der Waals surface area contributed by atoms with Crippen LogP contribution in [0.1, 0.15) is 39.2 Å². The van der Waals surface area contributed by atoms with Crippen molar-refractivity contribution in [2.75, 3.05) is 29.9 Å². The molecule has 0 bridgehead atoms. The quantitative estimate of drug-likeness (QED) is 0.922. The molecule has 4 nitrogen and oxygen atoms in total. The number of hydrogen-bond acceptors (Lipinski definition) is 3. The molecule has 1 aliphatic heterocycles. The van der Waals surface area contributed by atoms with Crippen molar-refractivity contribution < 1.29 is 9.53 Å². The predicted molar refractivity (Wildman–Crippen MR) is 82.5 cm³/mol. The van der Waals surface area contributed by atoms with Crippen molar-refractivity contribution in [3.8, 4) is 0 Å². The van der Waals surface area contributed by atoms with E-state index < -0.39 is 0 Å². The van der Waals surface area contributed by atoms with Crippen molar-refractivity contribution in [1.82, 2.24) is 0 Å². The topological polar surface area (TPSA) is 41.6 Å². The minimum Gasteiger partial charge on any atom is -0.375 e. The van der Waals surface area contributed by atoms with Gasteiger partial charge in [0.05, 0.1) is 24.1 Å². The lowest BCUT2D eigenvalue weighted by atomic mass is 10.0. The molecule has 1 aromatic carbocycles. The zero-order valence-corrected chi connectivity index (χ0v) is 12.8. The molecule has 1 aromatic rings. The molecule has 1 fully saturated rings. The van der Waals surface area contributed by atoms with Crippen molar-refractivity contribution >= 4 is 17.3 Å². The Morgan fingerprint density at radius 2 is 2.20 bits per heavy atom. The van der Waals surface area contributed by atoms with E-state index in [2.05, 4.69) is 49.2 Å². The molecule has 0 radical (unpaired) electrons. The number of benzene rings is 1. The normalized spacial score (nSPS) is 19.2. The highest BCUT2D eigenvalue weighted by atomic mass is 16.5. The summed E-state index contributed by atoms with van der Waals surface area (Å²) in [4.78, 5) is 13.7. The van der Waals surface area contributed by atoms with E-state index in [4.69, 9.17) is 4.74 Å². The summed E-state index contributed by atoms with van der Waals surface area (Å²) in [6.07, 6.45) is 0.221. The molecule has 1 N–H and O–H groups in total. The highest BCUT2D eigenvalue weighted by Gasteiger charge is 2.20. The van der Waals surface area contributed by atoms with Crippen LogP contribution in [-0.4, -0.2) is 31.7 Å². The van der Waals surface area contributed by atoms with E-state index >= 15 is 0 Å². The van der Waals surface area contributed by atoms with E-state index in [9.17, 15) is 4.79 Å². The molecule has 4 heteroatoms. The van der Waals surface area contributed by atoms with E-state index in [1.54, 1.807) is 6.92 Å². The highest BCUT2D eigenvalue weighted by Crippen LogP contribution is 2.31. The number of amides is 1. The lowest BCUT2D eigenvalue weighted by Gasteiger charge is -2.34. The summed E-state index contributed by atoms with van der Waals surface area (Å²) in [5, 5.41) is 2.96. The van der Waals surface area contributed by atoms with Gasteiger partial charge in [0, 0.05) is 20.0 Å².